The highest BCUT2D eigenvalue weighted by Crippen LogP contribution is 2.32. The zero-order valence-electron chi connectivity index (χ0n) is 24.2. The quantitative estimate of drug-likeness (QED) is 0.626. The van der Waals surface area contributed by atoms with Gasteiger partial charge in [0.1, 0.15) is 11.9 Å². The highest BCUT2D eigenvalue weighted by Gasteiger charge is 2.39. The van der Waals surface area contributed by atoms with Crippen molar-refractivity contribution < 1.29 is 31.7 Å². The molecule has 5 rings (SSSR count). The van der Waals surface area contributed by atoms with Crippen molar-refractivity contribution >= 4 is 23.4 Å². The number of imide groups is 1. The average molecular weight is 473 g/mol. The molecule has 34 heavy (non-hydrogen) atoms. The number of fused-ring (bicyclic) bond motifs is 1. The van der Waals surface area contributed by atoms with Crippen molar-refractivity contribution in [3.05, 3.63) is 64.5 Å². The number of carbonyl (C=O) groups excluding carboxylic acids is 3. The molecule has 2 aromatic rings. The third-order valence-corrected chi connectivity index (χ3v) is 5.87. The Labute approximate surface area is 205 Å². The molecule has 1 atom stereocenters. The Morgan fingerprint density at radius 1 is 1.21 bits per heavy atom. The van der Waals surface area contributed by atoms with Crippen LogP contribution in [0.2, 0.25) is 0 Å². The van der Waals surface area contributed by atoms with Gasteiger partial charge in [0.05, 0.1) is 18.7 Å². The number of anilines is 1. The van der Waals surface area contributed by atoms with Gasteiger partial charge in [-0.25, -0.2) is 4.39 Å². The number of rotatable bonds is 6. The second-order valence-electron chi connectivity index (χ2n) is 8.14. The molecule has 0 unspecified atom stereocenters. The van der Waals surface area contributed by atoms with E-state index in [0.717, 1.165) is 17.0 Å². The van der Waals surface area contributed by atoms with E-state index in [1.807, 2.05) is 0 Å². The second-order valence-corrected chi connectivity index (χ2v) is 8.14. The topological polar surface area (TPSA) is 91.0 Å². The first kappa shape index (κ1) is 16.3. The minimum Gasteiger partial charge on any atom is -0.381 e. The summed E-state index contributed by atoms with van der Waals surface area (Å²) in [5, 5.41) is 4.63. The smallest absolute Gasteiger partial charge is 0.255 e. The predicted molar refractivity (Wildman–Crippen MR) is 122 cm³/mol. The molecule has 178 valence electrons. The van der Waals surface area contributed by atoms with Gasteiger partial charge in [-0.15, -0.1) is 0 Å². The number of benzene rings is 2. The third-order valence-electron chi connectivity index (χ3n) is 5.87. The van der Waals surface area contributed by atoms with Crippen molar-refractivity contribution in [2.24, 2.45) is 0 Å². The Hall–Kier alpha value is -3.30. The number of piperidine rings is 1. The molecule has 3 aliphatic rings. The lowest BCUT2D eigenvalue weighted by molar-refractivity contribution is -0.136. The highest BCUT2D eigenvalue weighted by atomic mass is 19.1. The molecule has 3 heterocycles. The van der Waals surface area contributed by atoms with Crippen LogP contribution in [0.25, 0.3) is 0 Å². The van der Waals surface area contributed by atoms with Crippen molar-refractivity contribution in [1.29, 1.82) is 0 Å². The fourth-order valence-corrected chi connectivity index (χ4v) is 4.08. The fraction of sp³-hybridized carbons (Fsp3) is 0.400. The molecule has 0 saturated carbocycles. The van der Waals surface area contributed by atoms with E-state index >= 15 is 4.39 Å². The number of nitrogens with zero attached hydrogens (tertiary/aromatic N) is 2. The molecule has 2 fully saturated rings. The number of carbonyl (C=O) groups is 3. The van der Waals surface area contributed by atoms with E-state index in [1.165, 1.54) is 29.2 Å². The molecular weight excluding hydrogens is 439 g/mol. The maximum absolute atomic E-state index is 15.3. The minimum atomic E-state index is -2.61. The molecule has 2 aromatic carbocycles. The molecule has 0 radical (unpaired) electrons. The van der Waals surface area contributed by atoms with E-state index in [0.29, 0.717) is 26.3 Å². The van der Waals surface area contributed by atoms with Crippen LogP contribution in [0.4, 0.5) is 10.1 Å². The predicted octanol–water partition coefficient (Wildman–Crippen LogP) is 2.03. The Balaban J connectivity index is 1.44. The van der Waals surface area contributed by atoms with Gasteiger partial charge < -0.3 is 15.0 Å². The van der Waals surface area contributed by atoms with E-state index in [-0.39, 0.29) is 35.2 Å². The summed E-state index contributed by atoms with van der Waals surface area (Å²) < 4.78 is 72.2. The largest absolute Gasteiger partial charge is 0.381 e. The summed E-state index contributed by atoms with van der Waals surface area (Å²) in [7, 11) is 0. The van der Waals surface area contributed by atoms with Gasteiger partial charge in [-0.05, 0) is 30.2 Å². The van der Waals surface area contributed by atoms with Crippen LogP contribution in [0, 0.1) is 5.82 Å². The fourth-order valence-electron chi connectivity index (χ4n) is 4.08. The summed E-state index contributed by atoms with van der Waals surface area (Å²) in [6, 6.07) is 6.24. The molecular formula is C25H27FN4O4. The Bertz CT molecular complexity index is 1390. The van der Waals surface area contributed by atoms with Gasteiger partial charge in [0.25, 0.3) is 5.91 Å². The van der Waals surface area contributed by atoms with Gasteiger partial charge in [0.15, 0.2) is 0 Å². The average Bonchev–Trinajstić information content (AvgIpc) is 3.10. The van der Waals surface area contributed by atoms with Crippen LogP contribution in [0.15, 0.2) is 36.4 Å². The van der Waals surface area contributed by atoms with Crippen LogP contribution in [-0.2, 0) is 33.8 Å². The van der Waals surface area contributed by atoms with E-state index < -0.39 is 54.6 Å². The summed E-state index contributed by atoms with van der Waals surface area (Å²) in [6.45, 7) is -5.87. The SMILES string of the molecule is [2H]C([2H])(Nc1cccc2c1C([2H])([2H])N([C@@H]1CCC(=O)NC1=O)C2=O)c1ccc(C([2H])([2H])N2CCOCC2)cc1F. The van der Waals surface area contributed by atoms with Gasteiger partial charge >= 0.3 is 0 Å². The number of morpholine rings is 1. The number of amides is 3. The van der Waals surface area contributed by atoms with Gasteiger partial charge in [0.2, 0.25) is 11.8 Å². The summed E-state index contributed by atoms with van der Waals surface area (Å²) in [6.07, 6.45) is -0.137. The van der Waals surface area contributed by atoms with E-state index in [9.17, 15) is 14.4 Å². The first-order chi connectivity index (χ1) is 18.7. The highest BCUT2D eigenvalue weighted by molar-refractivity contribution is 6.06. The maximum atomic E-state index is 15.3. The van der Waals surface area contributed by atoms with Crippen molar-refractivity contribution in [3.8, 4) is 0 Å². The summed E-state index contributed by atoms with van der Waals surface area (Å²) in [4.78, 5) is 39.6. The van der Waals surface area contributed by atoms with Gasteiger partial charge in [-0.3, -0.25) is 24.6 Å². The second kappa shape index (κ2) is 9.52. The molecule has 0 spiro atoms. The molecule has 9 heteroatoms. The van der Waals surface area contributed by atoms with Gasteiger partial charge in [-0.2, -0.15) is 0 Å². The first-order valence-corrected chi connectivity index (χ1v) is 11.0. The van der Waals surface area contributed by atoms with Crippen molar-refractivity contribution in [2.75, 3.05) is 31.6 Å². The van der Waals surface area contributed by atoms with E-state index in [4.69, 9.17) is 13.0 Å². The first-order valence-electron chi connectivity index (χ1n) is 14.0. The number of ether oxygens (including phenoxy) is 1. The van der Waals surface area contributed by atoms with Crippen LogP contribution < -0.4 is 10.6 Å². The van der Waals surface area contributed by atoms with Gasteiger partial charge in [-0.1, -0.05) is 18.2 Å². The lowest BCUT2D eigenvalue weighted by atomic mass is 10.0. The molecule has 3 aliphatic heterocycles. The molecule has 0 bridgehead atoms. The minimum absolute atomic E-state index is 0.00821. The number of hydrogen-bond acceptors (Lipinski definition) is 6. The van der Waals surface area contributed by atoms with E-state index in [2.05, 4.69) is 10.6 Å². The monoisotopic (exact) mass is 472 g/mol. The Morgan fingerprint density at radius 2 is 2.03 bits per heavy atom. The molecule has 0 aromatic heterocycles. The molecule has 8 nitrogen and oxygen atoms in total. The van der Waals surface area contributed by atoms with Crippen molar-refractivity contribution in [3.63, 3.8) is 0 Å². The van der Waals surface area contributed by atoms with Crippen molar-refractivity contribution in [1.82, 2.24) is 15.1 Å². The van der Waals surface area contributed by atoms with Gasteiger partial charge in [0, 0.05) is 64.1 Å². The van der Waals surface area contributed by atoms with Crippen LogP contribution in [0.5, 0.6) is 0 Å². The third kappa shape index (κ3) is 4.53. The van der Waals surface area contributed by atoms with Crippen LogP contribution in [0.1, 0.15) is 48.1 Å². The summed E-state index contributed by atoms with van der Waals surface area (Å²) in [5.41, 5.74) is -0.866. The zero-order valence-corrected chi connectivity index (χ0v) is 18.2. The Kier molecular flexibility index (Phi) is 4.58. The standard InChI is InChI=1S/C25H27FN4O4/c26-20-12-16(14-29-8-10-34-11-9-29)4-5-17(20)13-27-21-3-1-2-18-19(21)15-30(25(18)33)22-6-7-23(31)28-24(22)32/h1-5,12,22,27H,6-11,13-15H2,(H,28,31,32)/t22-/m1/s1/i13D2,14D2,15D2. The Morgan fingerprint density at radius 3 is 2.79 bits per heavy atom. The molecule has 0 aliphatic carbocycles. The molecule has 3 amide bonds. The van der Waals surface area contributed by atoms with Crippen LogP contribution in [-0.4, -0.2) is 59.9 Å². The summed E-state index contributed by atoms with van der Waals surface area (Å²) in [5.74, 6) is -3.12. The zero-order chi connectivity index (χ0) is 29.0. The summed E-state index contributed by atoms with van der Waals surface area (Å²) >= 11 is 0. The molecule has 2 N–H and O–H groups in total. The van der Waals surface area contributed by atoms with E-state index in [1.54, 1.807) is 0 Å². The normalized spacial score (nSPS) is 25.9. The lowest BCUT2D eigenvalue weighted by Gasteiger charge is -2.29. The number of hydrogen-bond donors (Lipinski definition) is 2. The van der Waals surface area contributed by atoms with Crippen LogP contribution >= 0.6 is 0 Å². The lowest BCUT2D eigenvalue weighted by Crippen LogP contribution is -2.52. The number of nitrogens with one attached hydrogen (secondary N) is 2. The number of halogens is 1. The van der Waals surface area contributed by atoms with Crippen LogP contribution in [0.3, 0.4) is 0 Å². The maximum Gasteiger partial charge on any atom is 0.255 e. The van der Waals surface area contributed by atoms with Crippen molar-refractivity contribution in [2.45, 2.75) is 38.4 Å². The molecule has 2 saturated heterocycles.